The Balaban J connectivity index is 2.00. The lowest BCUT2D eigenvalue weighted by Gasteiger charge is -2.39. The average Bonchev–Trinajstić information content (AvgIpc) is 2.14. The second-order valence-corrected chi connectivity index (χ2v) is 4.52. The predicted molar refractivity (Wildman–Crippen MR) is 60.5 cm³/mol. The summed E-state index contributed by atoms with van der Waals surface area (Å²) in [6.45, 7) is 4.45. The van der Waals surface area contributed by atoms with Crippen LogP contribution in [0, 0.1) is 0 Å². The van der Waals surface area contributed by atoms with Gasteiger partial charge in [0.25, 0.3) is 0 Å². The van der Waals surface area contributed by atoms with E-state index in [-0.39, 0.29) is 0 Å². The third-order valence-corrected chi connectivity index (χ3v) is 3.05. The van der Waals surface area contributed by atoms with Gasteiger partial charge in [0.05, 0.1) is 0 Å². The molecule has 0 amide bonds. The first-order valence-corrected chi connectivity index (χ1v) is 5.58. The van der Waals surface area contributed by atoms with Gasteiger partial charge in [-0.3, -0.25) is 0 Å². The molecule has 0 aromatic heterocycles. The average molecular weight is 189 g/mol. The summed E-state index contributed by atoms with van der Waals surface area (Å²) in [6.07, 6.45) is 2.67. The lowest BCUT2D eigenvalue weighted by Crippen LogP contribution is -2.45. The summed E-state index contributed by atoms with van der Waals surface area (Å²) in [5.41, 5.74) is 1.50. The molecule has 1 aromatic rings. The molecule has 0 spiro atoms. The van der Waals surface area contributed by atoms with Gasteiger partial charge in [-0.1, -0.05) is 44.2 Å². The summed E-state index contributed by atoms with van der Waals surface area (Å²) in [5, 5.41) is 3.63. The first kappa shape index (κ1) is 9.72. The minimum atomic E-state index is 0.603. The number of nitrogens with one attached hydrogen (secondary N) is 1. The fourth-order valence-electron chi connectivity index (χ4n) is 2.23. The van der Waals surface area contributed by atoms with Crippen molar-refractivity contribution in [3.05, 3.63) is 35.9 Å². The Morgan fingerprint density at radius 1 is 1.14 bits per heavy atom. The predicted octanol–water partition coefficient (Wildman–Crippen LogP) is 2.93. The van der Waals surface area contributed by atoms with Crippen LogP contribution in [0.3, 0.4) is 0 Å². The topological polar surface area (TPSA) is 12.0 Å². The van der Waals surface area contributed by atoms with Crippen LogP contribution in [0.15, 0.2) is 30.3 Å². The van der Waals surface area contributed by atoms with E-state index in [0.29, 0.717) is 12.1 Å². The van der Waals surface area contributed by atoms with E-state index in [1.165, 1.54) is 18.4 Å². The van der Waals surface area contributed by atoms with E-state index >= 15 is 0 Å². The van der Waals surface area contributed by atoms with E-state index in [4.69, 9.17) is 0 Å². The van der Waals surface area contributed by atoms with Gasteiger partial charge in [0.15, 0.2) is 0 Å². The molecule has 1 aromatic carbocycles. The molecule has 1 nitrogen and oxygen atoms in total. The molecular weight excluding hydrogens is 170 g/mol. The molecule has 0 heterocycles. The molecule has 2 rings (SSSR count). The van der Waals surface area contributed by atoms with Crippen LogP contribution in [0.1, 0.15) is 38.2 Å². The molecule has 1 heteroatoms. The minimum Gasteiger partial charge on any atom is -0.311 e. The SMILES string of the molecule is CC(C)NC1CC[C@H]1c1ccccc1. The Labute approximate surface area is 86.5 Å². The Morgan fingerprint density at radius 2 is 1.86 bits per heavy atom. The van der Waals surface area contributed by atoms with Crippen LogP contribution in [0.4, 0.5) is 0 Å². The highest BCUT2D eigenvalue weighted by Crippen LogP contribution is 2.36. The zero-order valence-electron chi connectivity index (χ0n) is 9.03. The smallest absolute Gasteiger partial charge is 0.0138 e. The van der Waals surface area contributed by atoms with Gasteiger partial charge in [-0.15, -0.1) is 0 Å². The van der Waals surface area contributed by atoms with Gasteiger partial charge in [0, 0.05) is 12.1 Å². The lowest BCUT2D eigenvalue weighted by molar-refractivity contribution is 0.268. The number of hydrogen-bond donors (Lipinski definition) is 1. The molecule has 1 fully saturated rings. The standard InChI is InChI=1S/C13H19N/c1-10(2)14-13-9-8-12(13)11-6-4-3-5-7-11/h3-7,10,12-14H,8-9H2,1-2H3/t12-,13?/m0/s1. The summed E-state index contributed by atoms with van der Waals surface area (Å²) in [6, 6.07) is 12.2. The molecule has 0 radical (unpaired) electrons. The van der Waals surface area contributed by atoms with Gasteiger partial charge in [-0.05, 0) is 24.3 Å². The number of rotatable bonds is 3. The summed E-state index contributed by atoms with van der Waals surface area (Å²) < 4.78 is 0. The van der Waals surface area contributed by atoms with Gasteiger partial charge >= 0.3 is 0 Å². The molecule has 1 unspecified atom stereocenters. The second-order valence-electron chi connectivity index (χ2n) is 4.52. The first-order valence-electron chi connectivity index (χ1n) is 5.58. The maximum atomic E-state index is 3.63. The highest BCUT2D eigenvalue weighted by Gasteiger charge is 2.31. The van der Waals surface area contributed by atoms with Crippen molar-refractivity contribution in [2.45, 2.75) is 44.7 Å². The Morgan fingerprint density at radius 3 is 2.36 bits per heavy atom. The van der Waals surface area contributed by atoms with E-state index in [0.717, 1.165) is 5.92 Å². The van der Waals surface area contributed by atoms with Gasteiger partial charge in [0.2, 0.25) is 0 Å². The van der Waals surface area contributed by atoms with Crippen molar-refractivity contribution in [1.29, 1.82) is 0 Å². The molecule has 0 aliphatic heterocycles. The van der Waals surface area contributed by atoms with Crippen LogP contribution < -0.4 is 5.32 Å². The molecule has 0 saturated heterocycles. The van der Waals surface area contributed by atoms with E-state index in [9.17, 15) is 0 Å². The zero-order chi connectivity index (χ0) is 9.97. The minimum absolute atomic E-state index is 0.603. The zero-order valence-corrected chi connectivity index (χ0v) is 9.03. The van der Waals surface area contributed by atoms with E-state index in [1.54, 1.807) is 0 Å². The van der Waals surface area contributed by atoms with E-state index in [1.807, 2.05) is 0 Å². The Hall–Kier alpha value is -0.820. The summed E-state index contributed by atoms with van der Waals surface area (Å²) >= 11 is 0. The molecule has 1 N–H and O–H groups in total. The highest BCUT2D eigenvalue weighted by atomic mass is 15.0. The van der Waals surface area contributed by atoms with Crippen LogP contribution in [0.2, 0.25) is 0 Å². The quantitative estimate of drug-likeness (QED) is 0.771. The van der Waals surface area contributed by atoms with Crippen LogP contribution in [-0.2, 0) is 0 Å². The van der Waals surface area contributed by atoms with Crippen LogP contribution in [-0.4, -0.2) is 12.1 Å². The van der Waals surface area contributed by atoms with Crippen molar-refractivity contribution in [3.63, 3.8) is 0 Å². The summed E-state index contributed by atoms with van der Waals surface area (Å²) in [4.78, 5) is 0. The highest BCUT2D eigenvalue weighted by molar-refractivity contribution is 5.24. The molecule has 0 bridgehead atoms. The third-order valence-electron chi connectivity index (χ3n) is 3.05. The normalized spacial score (nSPS) is 26.2. The third kappa shape index (κ3) is 1.98. The summed E-state index contributed by atoms with van der Waals surface area (Å²) in [5.74, 6) is 0.749. The van der Waals surface area contributed by atoms with E-state index < -0.39 is 0 Å². The first-order chi connectivity index (χ1) is 6.77. The van der Waals surface area contributed by atoms with Crippen molar-refractivity contribution >= 4 is 0 Å². The maximum Gasteiger partial charge on any atom is 0.0138 e. The van der Waals surface area contributed by atoms with Gasteiger partial charge in [-0.25, -0.2) is 0 Å². The summed E-state index contributed by atoms with van der Waals surface area (Å²) in [7, 11) is 0. The number of hydrogen-bond acceptors (Lipinski definition) is 1. The van der Waals surface area contributed by atoms with Crippen molar-refractivity contribution in [1.82, 2.24) is 5.32 Å². The fourth-order valence-corrected chi connectivity index (χ4v) is 2.23. The molecule has 1 aliphatic rings. The van der Waals surface area contributed by atoms with Crippen LogP contribution in [0.25, 0.3) is 0 Å². The van der Waals surface area contributed by atoms with Gasteiger partial charge in [0.1, 0.15) is 0 Å². The molecular formula is C13H19N. The van der Waals surface area contributed by atoms with E-state index in [2.05, 4.69) is 49.5 Å². The second kappa shape index (κ2) is 4.14. The largest absolute Gasteiger partial charge is 0.311 e. The molecule has 76 valence electrons. The van der Waals surface area contributed by atoms with Gasteiger partial charge in [-0.2, -0.15) is 0 Å². The number of benzene rings is 1. The van der Waals surface area contributed by atoms with Crippen LogP contribution >= 0.6 is 0 Å². The van der Waals surface area contributed by atoms with Crippen LogP contribution in [0.5, 0.6) is 0 Å². The van der Waals surface area contributed by atoms with Crippen molar-refractivity contribution in [2.24, 2.45) is 0 Å². The van der Waals surface area contributed by atoms with Gasteiger partial charge < -0.3 is 5.32 Å². The van der Waals surface area contributed by atoms with Crippen molar-refractivity contribution in [2.75, 3.05) is 0 Å². The monoisotopic (exact) mass is 189 g/mol. The lowest BCUT2D eigenvalue weighted by atomic mass is 9.75. The Bertz CT molecular complexity index is 279. The van der Waals surface area contributed by atoms with Crippen molar-refractivity contribution < 1.29 is 0 Å². The molecule has 14 heavy (non-hydrogen) atoms. The molecule has 2 atom stereocenters. The molecule has 1 saturated carbocycles. The fraction of sp³-hybridized carbons (Fsp3) is 0.538. The molecule has 1 aliphatic carbocycles. The van der Waals surface area contributed by atoms with Crippen molar-refractivity contribution in [3.8, 4) is 0 Å². The maximum absolute atomic E-state index is 3.63. The Kier molecular flexibility index (Phi) is 2.87.